The second-order valence-electron chi connectivity index (χ2n) is 31.0. The summed E-state index contributed by atoms with van der Waals surface area (Å²) in [7, 11) is -27.0. The lowest BCUT2D eigenvalue weighted by atomic mass is 9.95. The van der Waals surface area contributed by atoms with Gasteiger partial charge in [0.05, 0.1) is 80.8 Å². The standard InChI is InChI=1S/C66H118O53S6/c67-25-32-53-39(68)46(75)60(106-32)114-54-33(26-100-13-1-7-19-120(82,83)84)108-62(48(77)41(54)70)116-56-35(28-102-15-3-9-21-122(88,89)90)110-64(50(79)43(56)72)118-58-37(30-104-17-5-11-23-124(94,95)96)112-66(52(81)45(58)74)119-59-38(31-105-18-6-12-24-125(97,98)99)111-65(51(80)44(59)73)117-57-36(29-103-16-4-10-22-123(91,92)93)109-63(49(78)42(57)71)115-55-34(107-61(113-53)47(76)40(55)69)27-101-14-2-8-20-121(85,86)87/h32-81H,1-31H2,(H,82,83,84)(H,85,86,87)(H,88,89,90)(H,91,92,93)(H,94,95,96)(H,97,98,99)/t32-,33-,34-,35-,36-,37-,38-,39?,40-,41-,42-,43-,44-,45-,46-,47-,48?,49?,50-,51-,52-,53-,54-,55-,56-,57-,58-,59-,60-,61-,62-,63-,64-,65-,66-/m1/s1. The van der Waals surface area contributed by atoms with E-state index in [1.165, 1.54) is 0 Å². The Balaban J connectivity index is 1.21. The summed E-state index contributed by atoms with van der Waals surface area (Å²) in [6.45, 7) is -8.05. The highest BCUT2D eigenvalue weighted by Gasteiger charge is 2.60. The van der Waals surface area contributed by atoms with Crippen LogP contribution in [-0.4, -0.2) is 490 Å². The van der Waals surface area contributed by atoms with Gasteiger partial charge in [-0.1, -0.05) is 0 Å². The van der Waals surface area contributed by atoms with Gasteiger partial charge in [0.2, 0.25) is 0 Å². The Kier molecular flexibility index (Phi) is 42.9. The van der Waals surface area contributed by atoms with E-state index in [1.54, 1.807) is 0 Å². The van der Waals surface area contributed by atoms with Gasteiger partial charge in [0.1, 0.15) is 171 Å². The SMILES string of the molecule is O=S(=O)(O)CCCCOC[C@H]1O[C@@H]2O[C@H]3C(O)[C@@H](O)[C@@H](O[C@H]4[C@H](O)C(O)[C@@H](O[C@H]5[C@H](O)[C@@H](O)[C@@H](O[C@H]6[C@H](O)[C@@H](O)[C@@H](O[C@H]7[C@H](O)[C@@H](O)[C@@H](O[C@H]8[C@H](O)C(O)[C@@H](O[C@H]1[C@H](O)[C@H]2O)O[C@@H]8COCCCCS(=O)(=O)O)O[C@@H]7COCCCCS(=O)(=O)O)O[C@@H]6COCCCCS(=O)(=O)O)O[C@@H]5COCCCCS(=O)(=O)O)O[C@@H]4COCCCCS(=O)(=O)O)O[C@@H]3CO. The monoisotopic (exact) mass is 1950 g/mol. The van der Waals surface area contributed by atoms with Gasteiger partial charge in [-0.15, -0.1) is 0 Å². The molecule has 125 heavy (non-hydrogen) atoms. The van der Waals surface area contributed by atoms with Gasteiger partial charge >= 0.3 is 0 Å². The largest absolute Gasteiger partial charge is 0.394 e. The van der Waals surface area contributed by atoms with Crippen LogP contribution in [0.1, 0.15) is 77.0 Å². The van der Waals surface area contributed by atoms with Crippen LogP contribution in [0.5, 0.6) is 0 Å². The van der Waals surface area contributed by atoms with Crippen molar-refractivity contribution in [2.45, 2.75) is 292 Å². The first-order chi connectivity index (χ1) is 58.5. The summed E-state index contributed by atoms with van der Waals surface area (Å²) in [6, 6.07) is 0. The van der Waals surface area contributed by atoms with Crippen molar-refractivity contribution in [3.8, 4) is 0 Å². The van der Waals surface area contributed by atoms with Gasteiger partial charge in [0, 0.05) is 39.6 Å². The molecule has 53 nitrogen and oxygen atoms in total. The van der Waals surface area contributed by atoms with Gasteiger partial charge in [0.25, 0.3) is 60.7 Å². The second kappa shape index (κ2) is 49.5. The van der Waals surface area contributed by atoms with Gasteiger partial charge in [0.15, 0.2) is 44.0 Å². The van der Waals surface area contributed by atoms with Crippen molar-refractivity contribution in [1.82, 2.24) is 0 Å². The zero-order valence-corrected chi connectivity index (χ0v) is 71.9. The van der Waals surface area contributed by atoms with Crippen molar-refractivity contribution in [3.63, 3.8) is 0 Å². The molecule has 21 rings (SSSR count). The fourth-order valence-electron chi connectivity index (χ4n) is 14.5. The molecule has 21 aliphatic rings. The molecule has 0 aromatic carbocycles. The number of aliphatic hydroxyl groups is 15. The van der Waals surface area contributed by atoms with Crippen molar-refractivity contribution in [2.24, 2.45) is 0 Å². The summed E-state index contributed by atoms with van der Waals surface area (Å²) in [5.41, 5.74) is 0. The zero-order chi connectivity index (χ0) is 92.3. The molecule has 21 saturated heterocycles. The summed E-state index contributed by atoms with van der Waals surface area (Å²) in [6.07, 6.45) is -78.4. The fraction of sp³-hybridized carbons (Fsp3) is 1.00. The number of aliphatic hydroxyl groups excluding tert-OH is 15. The molecular formula is C66H118O53S6. The maximum Gasteiger partial charge on any atom is 0.264 e. The van der Waals surface area contributed by atoms with Crippen molar-refractivity contribution >= 4 is 60.7 Å². The number of hydrogen-bond acceptors (Lipinski definition) is 47. The minimum atomic E-state index is -4.50. The van der Waals surface area contributed by atoms with Crippen LogP contribution >= 0.6 is 0 Å². The highest BCUT2D eigenvalue weighted by molar-refractivity contribution is 7.86. The molecule has 736 valence electrons. The Morgan fingerprint density at radius 3 is 0.440 bits per heavy atom. The first kappa shape index (κ1) is 108. The lowest BCUT2D eigenvalue weighted by Crippen LogP contribution is -2.68. The maximum absolute atomic E-state index is 12.3. The second-order valence-corrected chi connectivity index (χ2v) is 40.4. The van der Waals surface area contributed by atoms with E-state index in [-0.39, 0.29) is 117 Å². The normalized spacial score (nSPS) is 39.5. The lowest BCUT2D eigenvalue weighted by Gasteiger charge is -2.50. The Bertz CT molecular complexity index is 3750. The number of unbranched alkanes of at least 4 members (excludes halogenated alkanes) is 6. The first-order valence-corrected chi connectivity index (χ1v) is 49.7. The predicted molar refractivity (Wildman–Crippen MR) is 405 cm³/mol. The highest BCUT2D eigenvalue weighted by Crippen LogP contribution is 2.40. The summed E-state index contributed by atoms with van der Waals surface area (Å²) in [5.74, 6) is -4.43. The van der Waals surface area contributed by atoms with Crippen LogP contribution in [0.3, 0.4) is 0 Å². The molecule has 3 unspecified atom stereocenters. The topological polar surface area (TPSA) is 814 Å². The molecule has 0 aromatic heterocycles. The average molecular weight is 1950 g/mol. The minimum absolute atomic E-state index is 0.0913. The highest BCUT2D eigenvalue weighted by atomic mass is 32.2. The van der Waals surface area contributed by atoms with Gasteiger partial charge in [-0.25, -0.2) is 0 Å². The van der Waals surface area contributed by atoms with E-state index >= 15 is 0 Å². The molecule has 35 atom stereocenters. The van der Waals surface area contributed by atoms with Crippen LogP contribution in [0.4, 0.5) is 0 Å². The third-order valence-electron chi connectivity index (χ3n) is 21.0. The number of rotatable bonds is 43. The molecule has 0 radical (unpaired) electrons. The number of hydrogen-bond donors (Lipinski definition) is 21. The number of ether oxygens (including phenoxy) is 20. The van der Waals surface area contributed by atoms with Crippen LogP contribution in [-0.2, 0) is 155 Å². The maximum atomic E-state index is 12.3. The van der Waals surface area contributed by atoms with Crippen LogP contribution < -0.4 is 0 Å². The molecule has 21 aliphatic heterocycles. The van der Waals surface area contributed by atoms with Crippen molar-refractivity contribution < 1.29 is 249 Å². The van der Waals surface area contributed by atoms with Gasteiger partial charge in [-0.2, -0.15) is 50.5 Å². The third-order valence-corrected chi connectivity index (χ3v) is 25.9. The molecule has 0 spiro atoms. The Morgan fingerprint density at radius 2 is 0.312 bits per heavy atom. The third kappa shape index (κ3) is 33.8. The predicted octanol–water partition coefficient (Wildman–Crippen LogP) is -11.1. The summed E-state index contributed by atoms with van der Waals surface area (Å²) >= 11 is 0. The first-order valence-electron chi connectivity index (χ1n) is 40.0. The van der Waals surface area contributed by atoms with Crippen LogP contribution in [0.15, 0.2) is 0 Å². The molecule has 0 aromatic rings. The van der Waals surface area contributed by atoms with E-state index in [9.17, 15) is 154 Å². The van der Waals surface area contributed by atoms with E-state index in [4.69, 9.17) is 94.7 Å². The van der Waals surface area contributed by atoms with Gasteiger partial charge in [-0.3, -0.25) is 27.3 Å². The summed E-state index contributed by atoms with van der Waals surface area (Å²) in [5, 5.41) is 181. The van der Waals surface area contributed by atoms with E-state index in [2.05, 4.69) is 0 Å². The Labute approximate surface area is 718 Å². The summed E-state index contributed by atoms with van der Waals surface area (Å²) < 4.78 is 316. The van der Waals surface area contributed by atoms with Gasteiger partial charge in [-0.05, 0) is 77.0 Å². The van der Waals surface area contributed by atoms with Crippen LogP contribution in [0.25, 0.3) is 0 Å². The molecule has 21 fully saturated rings. The molecule has 21 N–H and O–H groups in total. The molecular weight excluding hydrogens is 1830 g/mol. The molecule has 14 bridgehead atoms. The van der Waals surface area contributed by atoms with E-state index in [0.717, 1.165) is 0 Å². The van der Waals surface area contributed by atoms with E-state index in [1.807, 2.05) is 0 Å². The Morgan fingerprint density at radius 1 is 0.184 bits per heavy atom. The minimum Gasteiger partial charge on any atom is -0.394 e. The molecule has 0 amide bonds. The van der Waals surface area contributed by atoms with Gasteiger partial charge < -0.3 is 171 Å². The van der Waals surface area contributed by atoms with Crippen LogP contribution in [0.2, 0.25) is 0 Å². The molecule has 0 saturated carbocycles. The molecule has 0 aliphatic carbocycles. The van der Waals surface area contributed by atoms with Crippen molar-refractivity contribution in [1.29, 1.82) is 0 Å². The molecule has 21 heterocycles. The lowest BCUT2D eigenvalue weighted by molar-refractivity contribution is -0.397. The average Bonchev–Trinajstić information content (AvgIpc) is 0.857. The van der Waals surface area contributed by atoms with E-state index < -0.39 is 356 Å². The Hall–Kier alpha value is -1.94. The van der Waals surface area contributed by atoms with E-state index in [0.29, 0.717) is 0 Å². The quantitative estimate of drug-likeness (QED) is 0.0199. The van der Waals surface area contributed by atoms with Crippen molar-refractivity contribution in [2.75, 3.05) is 120 Å². The van der Waals surface area contributed by atoms with Crippen molar-refractivity contribution in [3.05, 3.63) is 0 Å². The summed E-state index contributed by atoms with van der Waals surface area (Å²) in [4.78, 5) is 0. The molecule has 59 heteroatoms. The smallest absolute Gasteiger partial charge is 0.264 e. The zero-order valence-electron chi connectivity index (χ0n) is 67.0. The van der Waals surface area contributed by atoms with Crippen LogP contribution in [0, 0.1) is 0 Å². The fourth-order valence-corrected chi connectivity index (χ4v) is 17.9.